The number of amides is 3. The average Bonchev–Trinajstić information content (AvgIpc) is 2.88. The second-order valence-electron chi connectivity index (χ2n) is 8.36. The molecule has 10 heteroatoms. The lowest BCUT2D eigenvalue weighted by molar-refractivity contribution is -0.136. The van der Waals surface area contributed by atoms with E-state index in [0.29, 0.717) is 35.0 Å². The summed E-state index contributed by atoms with van der Waals surface area (Å²) >= 11 is 3.43. The third-order valence-corrected chi connectivity index (χ3v) is 6.26. The minimum atomic E-state index is -0.902. The Hall–Kier alpha value is -4.18. The van der Waals surface area contributed by atoms with Crippen molar-refractivity contribution in [3.8, 4) is 11.5 Å². The number of benzene rings is 3. The molecule has 0 heterocycles. The van der Waals surface area contributed by atoms with Gasteiger partial charge >= 0.3 is 11.8 Å². The van der Waals surface area contributed by atoms with Gasteiger partial charge in [-0.25, -0.2) is 5.43 Å². The fraction of sp³-hybridized carbons (Fsp3) is 0.214. The fourth-order valence-corrected chi connectivity index (χ4v) is 3.70. The van der Waals surface area contributed by atoms with Crippen LogP contribution in [-0.4, -0.2) is 37.1 Å². The maximum atomic E-state index is 12.3. The minimum absolute atomic E-state index is 0.214. The molecule has 38 heavy (non-hydrogen) atoms. The van der Waals surface area contributed by atoms with E-state index in [-0.39, 0.29) is 12.5 Å². The molecule has 3 aromatic carbocycles. The Balaban J connectivity index is 1.58. The molecule has 3 N–H and O–H groups in total. The molecule has 9 nitrogen and oxygen atoms in total. The van der Waals surface area contributed by atoms with Crippen molar-refractivity contribution >= 4 is 51.2 Å². The Morgan fingerprint density at radius 3 is 2.29 bits per heavy atom. The van der Waals surface area contributed by atoms with Gasteiger partial charge in [0.25, 0.3) is 5.91 Å². The lowest BCUT2D eigenvalue weighted by Gasteiger charge is -2.13. The van der Waals surface area contributed by atoms with Crippen LogP contribution < -0.4 is 25.5 Å². The van der Waals surface area contributed by atoms with Crippen molar-refractivity contribution in [3.05, 3.63) is 81.3 Å². The smallest absolute Gasteiger partial charge is 0.329 e. The molecule has 0 fully saturated rings. The number of ether oxygens (including phenoxy) is 2. The zero-order chi connectivity index (χ0) is 27.7. The molecule has 0 aromatic heterocycles. The van der Waals surface area contributed by atoms with E-state index >= 15 is 0 Å². The summed E-state index contributed by atoms with van der Waals surface area (Å²) in [5.74, 6) is -1.26. The highest BCUT2D eigenvalue weighted by Gasteiger charge is 2.15. The quantitative estimate of drug-likeness (QED) is 0.189. The second-order valence-corrected chi connectivity index (χ2v) is 9.21. The summed E-state index contributed by atoms with van der Waals surface area (Å²) in [7, 11) is 0. The van der Waals surface area contributed by atoms with Gasteiger partial charge in [-0.3, -0.25) is 14.4 Å². The van der Waals surface area contributed by atoms with Crippen LogP contribution in [0.1, 0.15) is 29.2 Å². The lowest BCUT2D eigenvalue weighted by Crippen LogP contribution is -2.32. The van der Waals surface area contributed by atoms with Crippen LogP contribution in [-0.2, 0) is 14.4 Å². The molecule has 198 valence electrons. The monoisotopic (exact) mass is 580 g/mol. The third kappa shape index (κ3) is 7.91. The van der Waals surface area contributed by atoms with Gasteiger partial charge in [0.2, 0.25) is 0 Å². The van der Waals surface area contributed by atoms with Crippen LogP contribution in [0, 0.1) is 20.8 Å². The number of rotatable bonds is 9. The first-order valence-corrected chi connectivity index (χ1v) is 12.6. The normalized spacial score (nSPS) is 10.7. The third-order valence-electron chi connectivity index (χ3n) is 5.37. The fourth-order valence-electron chi connectivity index (χ4n) is 3.45. The first kappa shape index (κ1) is 28.4. The molecule has 0 saturated carbocycles. The predicted molar refractivity (Wildman–Crippen MR) is 151 cm³/mol. The Bertz CT molecular complexity index is 1350. The summed E-state index contributed by atoms with van der Waals surface area (Å²) < 4.78 is 12.3. The number of hydrazone groups is 1. The number of nitrogens with zero attached hydrogens (tertiary/aromatic N) is 1. The molecule has 0 unspecified atom stereocenters. The van der Waals surface area contributed by atoms with E-state index in [1.807, 2.05) is 58.0 Å². The van der Waals surface area contributed by atoms with Crippen molar-refractivity contribution in [2.75, 3.05) is 23.8 Å². The first-order valence-electron chi connectivity index (χ1n) is 11.8. The maximum Gasteiger partial charge on any atom is 0.329 e. The molecule has 0 aliphatic heterocycles. The molecule has 0 aliphatic rings. The summed E-state index contributed by atoms with van der Waals surface area (Å²) in [4.78, 5) is 36.8. The van der Waals surface area contributed by atoms with Crippen molar-refractivity contribution in [3.63, 3.8) is 0 Å². The maximum absolute atomic E-state index is 12.3. The number of carbonyl (C=O) groups is 3. The summed E-state index contributed by atoms with van der Waals surface area (Å²) in [6.45, 7) is 7.60. The Labute approximate surface area is 229 Å². The van der Waals surface area contributed by atoms with E-state index in [4.69, 9.17) is 9.47 Å². The minimum Gasteiger partial charge on any atom is -0.490 e. The number of halogens is 1. The number of hydrogen-bond acceptors (Lipinski definition) is 6. The highest BCUT2D eigenvalue weighted by Crippen LogP contribution is 2.28. The zero-order valence-corrected chi connectivity index (χ0v) is 23.1. The number of anilines is 2. The molecule has 0 radical (unpaired) electrons. The van der Waals surface area contributed by atoms with Crippen molar-refractivity contribution in [1.29, 1.82) is 0 Å². The Morgan fingerprint density at radius 2 is 1.61 bits per heavy atom. The van der Waals surface area contributed by atoms with Crippen molar-refractivity contribution in [2.45, 2.75) is 27.7 Å². The van der Waals surface area contributed by atoms with Crippen LogP contribution in [0.25, 0.3) is 0 Å². The van der Waals surface area contributed by atoms with Crippen LogP contribution in [0.15, 0.2) is 64.2 Å². The van der Waals surface area contributed by atoms with Gasteiger partial charge < -0.3 is 20.1 Å². The van der Waals surface area contributed by atoms with Crippen molar-refractivity contribution < 1.29 is 23.9 Å². The zero-order valence-electron chi connectivity index (χ0n) is 21.6. The average molecular weight is 581 g/mol. The highest BCUT2D eigenvalue weighted by atomic mass is 79.9. The van der Waals surface area contributed by atoms with Crippen molar-refractivity contribution in [1.82, 2.24) is 5.43 Å². The van der Waals surface area contributed by atoms with Crippen LogP contribution in [0.3, 0.4) is 0 Å². The van der Waals surface area contributed by atoms with Gasteiger partial charge in [-0.1, -0.05) is 34.1 Å². The van der Waals surface area contributed by atoms with Gasteiger partial charge in [0, 0.05) is 15.8 Å². The van der Waals surface area contributed by atoms with Gasteiger partial charge in [0.1, 0.15) is 0 Å². The van der Waals surface area contributed by atoms with Crippen LogP contribution in [0.5, 0.6) is 11.5 Å². The topological polar surface area (TPSA) is 118 Å². The summed E-state index contributed by atoms with van der Waals surface area (Å²) in [6.07, 6.45) is 1.37. The molecule has 3 rings (SSSR count). The summed E-state index contributed by atoms with van der Waals surface area (Å²) in [5.41, 5.74) is 6.76. The van der Waals surface area contributed by atoms with Gasteiger partial charge in [0.15, 0.2) is 18.1 Å². The van der Waals surface area contributed by atoms with Crippen LogP contribution in [0.4, 0.5) is 11.4 Å². The van der Waals surface area contributed by atoms with E-state index in [1.54, 1.807) is 24.3 Å². The number of para-hydroxylation sites is 1. The number of hydrogen-bond donors (Lipinski definition) is 3. The number of carbonyl (C=O) groups excluding carboxylic acids is 3. The van der Waals surface area contributed by atoms with Gasteiger partial charge in [-0.05, 0) is 86.3 Å². The van der Waals surface area contributed by atoms with Gasteiger partial charge in [-0.15, -0.1) is 0 Å². The molecule has 3 aromatic rings. The van der Waals surface area contributed by atoms with E-state index in [2.05, 4.69) is 37.1 Å². The molecule has 0 spiro atoms. The standard InChI is InChI=1S/C28H29BrN4O5/c1-5-37-24-14-20(15-30-33-28(36)27(35)32-26-17(2)7-6-8-18(26)3)9-12-23(24)38-16-25(34)31-21-10-11-22(29)19(4)13-21/h6-15H,5,16H2,1-4H3,(H,31,34)(H,32,35)(H,33,36)/b30-15-. The van der Waals surface area contributed by atoms with Crippen LogP contribution in [0.2, 0.25) is 0 Å². The van der Waals surface area contributed by atoms with E-state index in [0.717, 1.165) is 21.2 Å². The van der Waals surface area contributed by atoms with E-state index in [9.17, 15) is 14.4 Å². The van der Waals surface area contributed by atoms with E-state index < -0.39 is 11.8 Å². The Morgan fingerprint density at radius 1 is 0.868 bits per heavy atom. The van der Waals surface area contributed by atoms with E-state index in [1.165, 1.54) is 6.21 Å². The lowest BCUT2D eigenvalue weighted by atomic mass is 10.1. The second kappa shape index (κ2) is 13.4. The molecule has 0 atom stereocenters. The Kier molecular flexibility index (Phi) is 10.0. The summed E-state index contributed by atoms with van der Waals surface area (Å²) in [5, 5.41) is 9.26. The molecule has 0 bridgehead atoms. The number of nitrogens with one attached hydrogen (secondary N) is 3. The van der Waals surface area contributed by atoms with Crippen LogP contribution >= 0.6 is 15.9 Å². The van der Waals surface area contributed by atoms with Crippen molar-refractivity contribution in [2.24, 2.45) is 5.10 Å². The predicted octanol–water partition coefficient (Wildman–Crippen LogP) is 4.88. The molecule has 0 aliphatic carbocycles. The highest BCUT2D eigenvalue weighted by molar-refractivity contribution is 9.10. The van der Waals surface area contributed by atoms with Gasteiger partial charge in [0.05, 0.1) is 12.8 Å². The molecule has 0 saturated heterocycles. The summed E-state index contributed by atoms with van der Waals surface area (Å²) in [6, 6.07) is 16.0. The first-order chi connectivity index (χ1) is 18.2. The molecular formula is C28H29BrN4O5. The largest absolute Gasteiger partial charge is 0.490 e. The molecular weight excluding hydrogens is 552 g/mol. The number of aryl methyl sites for hydroxylation is 3. The van der Waals surface area contributed by atoms with Gasteiger partial charge in [-0.2, -0.15) is 5.10 Å². The SMILES string of the molecule is CCOc1cc(/C=N\NC(=O)C(=O)Nc2c(C)cccc2C)ccc1OCC(=O)Nc1ccc(Br)c(C)c1. The molecule has 3 amide bonds.